The lowest BCUT2D eigenvalue weighted by molar-refractivity contribution is 0.101. The SMILES string of the molecule is O=C(NCC1CCCC(O)C1)NCC1(c2c(F)cccc2F)CC1. The largest absolute Gasteiger partial charge is 0.393 e. The van der Waals surface area contributed by atoms with Gasteiger partial charge in [-0.05, 0) is 50.2 Å². The van der Waals surface area contributed by atoms with Gasteiger partial charge in [0.05, 0.1) is 6.10 Å². The summed E-state index contributed by atoms with van der Waals surface area (Å²) in [4.78, 5) is 12.0. The van der Waals surface area contributed by atoms with E-state index in [1.54, 1.807) is 0 Å². The second kappa shape index (κ2) is 7.05. The Morgan fingerprint density at radius 1 is 1.21 bits per heavy atom. The topological polar surface area (TPSA) is 61.4 Å². The minimum absolute atomic E-state index is 0.0840. The van der Waals surface area contributed by atoms with Crippen LogP contribution < -0.4 is 10.6 Å². The molecular formula is C18H24F2N2O2. The molecule has 2 aliphatic carbocycles. The molecule has 1 aromatic rings. The number of nitrogens with one attached hydrogen (secondary N) is 2. The Labute approximate surface area is 140 Å². The summed E-state index contributed by atoms with van der Waals surface area (Å²) in [6.07, 6.45) is 4.59. The van der Waals surface area contributed by atoms with Crippen LogP contribution in [0.1, 0.15) is 44.1 Å². The molecule has 0 saturated heterocycles. The Morgan fingerprint density at radius 3 is 2.54 bits per heavy atom. The van der Waals surface area contributed by atoms with Crippen molar-refractivity contribution in [3.63, 3.8) is 0 Å². The molecule has 0 heterocycles. The molecule has 0 aliphatic heterocycles. The molecule has 3 N–H and O–H groups in total. The Kier molecular flexibility index (Phi) is 5.04. The van der Waals surface area contributed by atoms with E-state index in [4.69, 9.17) is 0 Å². The number of aliphatic hydroxyl groups is 1. The summed E-state index contributed by atoms with van der Waals surface area (Å²) in [7, 11) is 0. The first kappa shape index (κ1) is 17.1. The first-order valence-corrected chi connectivity index (χ1v) is 8.64. The van der Waals surface area contributed by atoms with Gasteiger partial charge < -0.3 is 15.7 Å². The molecule has 2 saturated carbocycles. The van der Waals surface area contributed by atoms with Gasteiger partial charge in [0.15, 0.2) is 0 Å². The zero-order valence-corrected chi connectivity index (χ0v) is 13.7. The highest BCUT2D eigenvalue weighted by Gasteiger charge is 2.48. The Morgan fingerprint density at radius 2 is 1.92 bits per heavy atom. The molecule has 0 bridgehead atoms. The summed E-state index contributed by atoms with van der Waals surface area (Å²) in [5.74, 6) is -0.810. The number of urea groups is 1. The quantitative estimate of drug-likeness (QED) is 0.773. The lowest BCUT2D eigenvalue weighted by Crippen LogP contribution is -2.42. The van der Waals surface area contributed by atoms with Crippen molar-refractivity contribution >= 4 is 6.03 Å². The predicted octanol–water partition coefficient (Wildman–Crippen LogP) is 2.85. The summed E-state index contributed by atoms with van der Waals surface area (Å²) in [5, 5.41) is 15.2. The third kappa shape index (κ3) is 3.86. The number of rotatable bonds is 5. The number of halogens is 2. The smallest absolute Gasteiger partial charge is 0.314 e. The van der Waals surface area contributed by atoms with E-state index in [2.05, 4.69) is 10.6 Å². The molecule has 4 nitrogen and oxygen atoms in total. The molecule has 6 heteroatoms. The molecule has 0 aromatic heterocycles. The highest BCUT2D eigenvalue weighted by atomic mass is 19.1. The van der Waals surface area contributed by atoms with Gasteiger partial charge >= 0.3 is 6.03 Å². The van der Waals surface area contributed by atoms with Crippen LogP contribution in [0, 0.1) is 17.6 Å². The lowest BCUT2D eigenvalue weighted by Gasteiger charge is -2.26. The van der Waals surface area contributed by atoms with Crippen molar-refractivity contribution in [1.82, 2.24) is 10.6 Å². The molecule has 0 radical (unpaired) electrons. The third-order valence-electron chi connectivity index (χ3n) is 5.24. The maximum Gasteiger partial charge on any atom is 0.314 e. The van der Waals surface area contributed by atoms with E-state index in [0.717, 1.165) is 19.3 Å². The lowest BCUT2D eigenvalue weighted by atomic mass is 9.87. The summed E-state index contributed by atoms with van der Waals surface area (Å²) in [6.45, 7) is 0.744. The molecule has 3 rings (SSSR count). The maximum absolute atomic E-state index is 13.9. The van der Waals surface area contributed by atoms with Crippen LogP contribution in [0.15, 0.2) is 18.2 Å². The van der Waals surface area contributed by atoms with Crippen molar-refractivity contribution in [2.24, 2.45) is 5.92 Å². The fourth-order valence-electron chi connectivity index (χ4n) is 3.67. The third-order valence-corrected chi connectivity index (χ3v) is 5.24. The number of carbonyl (C=O) groups excluding carboxylic acids is 1. The molecular weight excluding hydrogens is 314 g/mol. The Bertz CT molecular complexity index is 584. The summed E-state index contributed by atoms with van der Waals surface area (Å²) < 4.78 is 27.9. The van der Waals surface area contributed by atoms with Gasteiger partial charge in [-0.2, -0.15) is 0 Å². The summed E-state index contributed by atoms with van der Waals surface area (Å²) in [5.41, 5.74) is -0.533. The second-order valence-electron chi connectivity index (χ2n) is 7.13. The van der Waals surface area contributed by atoms with Gasteiger partial charge in [-0.1, -0.05) is 12.5 Å². The molecule has 0 spiro atoms. The van der Waals surface area contributed by atoms with Crippen LogP contribution in [0.5, 0.6) is 0 Å². The highest BCUT2D eigenvalue weighted by molar-refractivity contribution is 5.74. The van der Waals surface area contributed by atoms with E-state index in [1.807, 2.05) is 0 Å². The first-order valence-electron chi connectivity index (χ1n) is 8.64. The average molecular weight is 338 g/mol. The molecule has 1 aromatic carbocycles. The van der Waals surface area contributed by atoms with E-state index in [9.17, 15) is 18.7 Å². The maximum atomic E-state index is 13.9. The van der Waals surface area contributed by atoms with Gasteiger partial charge in [0.25, 0.3) is 0 Å². The Balaban J connectivity index is 1.49. The number of carbonyl (C=O) groups is 1. The summed E-state index contributed by atoms with van der Waals surface area (Å²) in [6, 6.07) is 3.54. The van der Waals surface area contributed by atoms with E-state index in [0.29, 0.717) is 31.7 Å². The van der Waals surface area contributed by atoms with Crippen LogP contribution in [0.2, 0.25) is 0 Å². The number of benzene rings is 1. The van der Waals surface area contributed by atoms with Gasteiger partial charge in [0.2, 0.25) is 0 Å². The van der Waals surface area contributed by atoms with Crippen molar-refractivity contribution < 1.29 is 18.7 Å². The van der Waals surface area contributed by atoms with Gasteiger partial charge in [-0.25, -0.2) is 13.6 Å². The second-order valence-corrected chi connectivity index (χ2v) is 7.13. The molecule has 2 amide bonds. The zero-order valence-electron chi connectivity index (χ0n) is 13.7. The monoisotopic (exact) mass is 338 g/mol. The van der Waals surface area contributed by atoms with Crippen LogP contribution in [0.25, 0.3) is 0 Å². The number of hydrogen-bond donors (Lipinski definition) is 3. The molecule has 132 valence electrons. The number of hydrogen-bond acceptors (Lipinski definition) is 2. The van der Waals surface area contributed by atoms with E-state index in [1.165, 1.54) is 18.2 Å². The zero-order chi connectivity index (χ0) is 17.2. The molecule has 2 aliphatic rings. The van der Waals surface area contributed by atoms with Crippen LogP contribution in [-0.2, 0) is 5.41 Å². The van der Waals surface area contributed by atoms with Gasteiger partial charge in [-0.15, -0.1) is 0 Å². The van der Waals surface area contributed by atoms with Gasteiger partial charge in [-0.3, -0.25) is 0 Å². The van der Waals surface area contributed by atoms with Crippen molar-refractivity contribution in [1.29, 1.82) is 0 Å². The predicted molar refractivity (Wildman–Crippen MR) is 86.6 cm³/mol. The van der Waals surface area contributed by atoms with Gasteiger partial charge in [0, 0.05) is 24.1 Å². The van der Waals surface area contributed by atoms with E-state index in [-0.39, 0.29) is 24.2 Å². The van der Waals surface area contributed by atoms with Crippen molar-refractivity contribution in [3.05, 3.63) is 35.4 Å². The van der Waals surface area contributed by atoms with Crippen LogP contribution in [-0.4, -0.2) is 30.3 Å². The van der Waals surface area contributed by atoms with E-state index >= 15 is 0 Å². The van der Waals surface area contributed by atoms with E-state index < -0.39 is 17.0 Å². The summed E-state index contributed by atoms with van der Waals surface area (Å²) >= 11 is 0. The fourth-order valence-corrected chi connectivity index (χ4v) is 3.67. The fraction of sp³-hybridized carbons (Fsp3) is 0.611. The van der Waals surface area contributed by atoms with Crippen LogP contribution in [0.4, 0.5) is 13.6 Å². The normalized spacial score (nSPS) is 25.1. The van der Waals surface area contributed by atoms with Crippen molar-refractivity contribution in [3.8, 4) is 0 Å². The van der Waals surface area contributed by atoms with Crippen molar-refractivity contribution in [2.75, 3.05) is 13.1 Å². The van der Waals surface area contributed by atoms with Crippen molar-refractivity contribution in [2.45, 2.75) is 50.0 Å². The molecule has 2 fully saturated rings. The average Bonchev–Trinajstić information content (AvgIpc) is 3.32. The first-order chi connectivity index (χ1) is 11.5. The van der Waals surface area contributed by atoms with Gasteiger partial charge in [0.1, 0.15) is 11.6 Å². The molecule has 24 heavy (non-hydrogen) atoms. The molecule has 2 atom stereocenters. The highest BCUT2D eigenvalue weighted by Crippen LogP contribution is 2.49. The van der Waals surface area contributed by atoms with Crippen LogP contribution >= 0.6 is 0 Å². The standard InChI is InChI=1S/C18H24F2N2O2/c19-14-5-2-6-15(20)16(14)18(7-8-18)11-22-17(24)21-10-12-3-1-4-13(23)9-12/h2,5-6,12-13,23H,1,3-4,7-11H2,(H2,21,22,24). The Hall–Kier alpha value is -1.69. The number of amides is 2. The molecule has 2 unspecified atom stereocenters. The minimum Gasteiger partial charge on any atom is -0.393 e. The minimum atomic E-state index is -0.617. The van der Waals surface area contributed by atoms with Crippen LogP contribution in [0.3, 0.4) is 0 Å². The number of aliphatic hydroxyl groups excluding tert-OH is 1.